The Labute approximate surface area is 108 Å². The first-order valence-corrected chi connectivity index (χ1v) is 5.66. The largest absolute Gasteiger partial charge is 0.508 e. The molecule has 0 spiro atoms. The van der Waals surface area contributed by atoms with Crippen LogP contribution >= 0.6 is 12.4 Å². The number of piperazine rings is 1. The monoisotopic (exact) mass is 258 g/mol. The van der Waals surface area contributed by atoms with E-state index in [2.05, 4.69) is 10.2 Å². The molecule has 0 aliphatic carbocycles. The van der Waals surface area contributed by atoms with Crippen LogP contribution in [-0.4, -0.2) is 47.9 Å². The van der Waals surface area contributed by atoms with Crippen LogP contribution in [0.15, 0.2) is 24.3 Å². The van der Waals surface area contributed by atoms with E-state index >= 15 is 0 Å². The molecule has 4 nitrogen and oxygen atoms in total. The molecule has 1 fully saturated rings. The summed E-state index contributed by atoms with van der Waals surface area (Å²) in [5, 5.41) is 22.0. The van der Waals surface area contributed by atoms with E-state index in [0.29, 0.717) is 0 Å². The van der Waals surface area contributed by atoms with Gasteiger partial charge in [0.25, 0.3) is 0 Å². The standard InChI is InChI=1S/C12H18N2O2.ClH/c15-9-12(14-7-5-13-6-8-14)10-1-3-11(16)4-2-10;/h1-4,12-13,15-16H,5-9H2;1H/t12-;/m1./s1. The van der Waals surface area contributed by atoms with Gasteiger partial charge in [-0.3, -0.25) is 4.90 Å². The molecule has 1 atom stereocenters. The molecule has 0 radical (unpaired) electrons. The molecule has 1 aliphatic rings. The number of nitrogens with zero attached hydrogens (tertiary/aromatic N) is 1. The van der Waals surface area contributed by atoms with Crippen molar-refractivity contribution >= 4 is 12.4 Å². The maximum absolute atomic E-state index is 9.48. The molecule has 3 N–H and O–H groups in total. The zero-order valence-corrected chi connectivity index (χ0v) is 10.5. The van der Waals surface area contributed by atoms with Gasteiger partial charge in [0.2, 0.25) is 0 Å². The molecule has 0 bridgehead atoms. The van der Waals surface area contributed by atoms with Gasteiger partial charge in [0.1, 0.15) is 5.75 Å². The lowest BCUT2D eigenvalue weighted by molar-refractivity contribution is 0.111. The fraction of sp³-hybridized carbons (Fsp3) is 0.500. The van der Waals surface area contributed by atoms with E-state index in [1.165, 1.54) is 0 Å². The van der Waals surface area contributed by atoms with E-state index in [0.717, 1.165) is 31.7 Å². The minimum absolute atomic E-state index is 0. The first-order chi connectivity index (χ1) is 7.81. The van der Waals surface area contributed by atoms with Crippen molar-refractivity contribution in [3.63, 3.8) is 0 Å². The molecule has 1 aliphatic heterocycles. The van der Waals surface area contributed by atoms with Crippen LogP contribution in [0.25, 0.3) is 0 Å². The van der Waals surface area contributed by atoms with Crippen LogP contribution in [0.3, 0.4) is 0 Å². The van der Waals surface area contributed by atoms with E-state index in [9.17, 15) is 10.2 Å². The summed E-state index contributed by atoms with van der Waals surface area (Å²) in [5.74, 6) is 0.265. The van der Waals surface area contributed by atoms with E-state index in [1.807, 2.05) is 12.1 Å². The van der Waals surface area contributed by atoms with Crippen LogP contribution in [0.4, 0.5) is 0 Å². The van der Waals surface area contributed by atoms with Crippen molar-refractivity contribution in [2.75, 3.05) is 32.8 Å². The highest BCUT2D eigenvalue weighted by Gasteiger charge is 2.20. The summed E-state index contributed by atoms with van der Waals surface area (Å²) < 4.78 is 0. The van der Waals surface area contributed by atoms with Gasteiger partial charge in [0.15, 0.2) is 0 Å². The van der Waals surface area contributed by atoms with Crippen molar-refractivity contribution in [2.45, 2.75) is 6.04 Å². The van der Waals surface area contributed by atoms with Gasteiger partial charge < -0.3 is 15.5 Å². The summed E-state index contributed by atoms with van der Waals surface area (Å²) in [6.07, 6.45) is 0. The number of hydrogen-bond donors (Lipinski definition) is 3. The average molecular weight is 259 g/mol. The summed E-state index contributed by atoms with van der Waals surface area (Å²) in [6.45, 7) is 3.95. The maximum atomic E-state index is 9.48. The van der Waals surface area contributed by atoms with E-state index < -0.39 is 0 Å². The summed E-state index contributed by atoms with van der Waals surface area (Å²) in [5.41, 5.74) is 1.06. The van der Waals surface area contributed by atoms with E-state index in [1.54, 1.807) is 12.1 Å². The summed E-state index contributed by atoms with van der Waals surface area (Å²) in [7, 11) is 0. The second-order valence-electron chi connectivity index (χ2n) is 4.08. The molecule has 96 valence electrons. The quantitative estimate of drug-likeness (QED) is 0.749. The molecule has 5 heteroatoms. The molecule has 17 heavy (non-hydrogen) atoms. The van der Waals surface area contributed by atoms with Gasteiger partial charge in [0.05, 0.1) is 12.6 Å². The van der Waals surface area contributed by atoms with Crippen LogP contribution < -0.4 is 5.32 Å². The zero-order chi connectivity index (χ0) is 11.4. The highest BCUT2D eigenvalue weighted by molar-refractivity contribution is 5.85. The number of rotatable bonds is 3. The van der Waals surface area contributed by atoms with Crippen LogP contribution in [0.1, 0.15) is 11.6 Å². The van der Waals surface area contributed by atoms with Crippen molar-refractivity contribution < 1.29 is 10.2 Å². The van der Waals surface area contributed by atoms with Gasteiger partial charge in [0, 0.05) is 26.2 Å². The number of aliphatic hydroxyl groups is 1. The van der Waals surface area contributed by atoms with Crippen molar-refractivity contribution in [3.05, 3.63) is 29.8 Å². The third-order valence-corrected chi connectivity index (χ3v) is 3.04. The van der Waals surface area contributed by atoms with Crippen molar-refractivity contribution in [2.24, 2.45) is 0 Å². The molecule has 1 aromatic rings. The molecule has 0 saturated carbocycles. The molecule has 0 amide bonds. The predicted molar refractivity (Wildman–Crippen MR) is 69.6 cm³/mol. The highest BCUT2D eigenvalue weighted by atomic mass is 35.5. The van der Waals surface area contributed by atoms with Gasteiger partial charge in [-0.25, -0.2) is 0 Å². The van der Waals surface area contributed by atoms with Crippen LogP contribution in [0, 0.1) is 0 Å². The molecule has 1 heterocycles. The summed E-state index contributed by atoms with van der Waals surface area (Å²) in [6, 6.07) is 7.12. The van der Waals surface area contributed by atoms with Gasteiger partial charge in [-0.05, 0) is 17.7 Å². The lowest BCUT2D eigenvalue weighted by Gasteiger charge is -2.34. The van der Waals surface area contributed by atoms with Gasteiger partial charge in [-0.2, -0.15) is 0 Å². The van der Waals surface area contributed by atoms with Crippen molar-refractivity contribution in [3.8, 4) is 5.75 Å². The van der Waals surface area contributed by atoms with E-state index in [-0.39, 0.29) is 30.8 Å². The fourth-order valence-electron chi connectivity index (χ4n) is 2.12. The van der Waals surface area contributed by atoms with E-state index in [4.69, 9.17) is 0 Å². The van der Waals surface area contributed by atoms with Crippen LogP contribution in [-0.2, 0) is 0 Å². The van der Waals surface area contributed by atoms with Crippen molar-refractivity contribution in [1.29, 1.82) is 0 Å². The molecular formula is C12H19ClN2O2. The molecule has 2 rings (SSSR count). The minimum atomic E-state index is 0. The van der Waals surface area contributed by atoms with Gasteiger partial charge in [-0.1, -0.05) is 12.1 Å². The number of aromatic hydroxyl groups is 1. The van der Waals surface area contributed by atoms with Crippen LogP contribution in [0.2, 0.25) is 0 Å². The average Bonchev–Trinajstić information content (AvgIpc) is 2.34. The number of aliphatic hydroxyl groups excluding tert-OH is 1. The highest BCUT2D eigenvalue weighted by Crippen LogP contribution is 2.22. The number of phenolic OH excluding ortho intramolecular Hbond substituents is 1. The Bertz CT molecular complexity index is 326. The second-order valence-corrected chi connectivity index (χ2v) is 4.08. The second kappa shape index (κ2) is 6.81. The number of phenols is 1. The number of hydrogen-bond acceptors (Lipinski definition) is 4. The molecule has 1 aromatic carbocycles. The topological polar surface area (TPSA) is 55.7 Å². The van der Waals surface area contributed by atoms with Gasteiger partial charge in [-0.15, -0.1) is 12.4 Å². The Morgan fingerprint density at radius 3 is 2.29 bits per heavy atom. The first-order valence-electron chi connectivity index (χ1n) is 5.66. The molecule has 1 saturated heterocycles. The Kier molecular flexibility index (Phi) is 5.71. The Morgan fingerprint density at radius 2 is 1.76 bits per heavy atom. The normalized spacial score (nSPS) is 18.4. The third-order valence-electron chi connectivity index (χ3n) is 3.04. The number of benzene rings is 1. The van der Waals surface area contributed by atoms with Gasteiger partial charge >= 0.3 is 0 Å². The Balaban J connectivity index is 0.00000144. The van der Waals surface area contributed by atoms with Crippen molar-refractivity contribution in [1.82, 2.24) is 10.2 Å². The van der Waals surface area contributed by atoms with Crippen LogP contribution in [0.5, 0.6) is 5.75 Å². The first kappa shape index (κ1) is 14.3. The maximum Gasteiger partial charge on any atom is 0.115 e. The smallest absolute Gasteiger partial charge is 0.115 e. The number of halogens is 1. The minimum Gasteiger partial charge on any atom is -0.508 e. The molecule has 0 unspecified atom stereocenters. The summed E-state index contributed by atoms with van der Waals surface area (Å²) >= 11 is 0. The third kappa shape index (κ3) is 3.57. The Morgan fingerprint density at radius 1 is 1.18 bits per heavy atom. The zero-order valence-electron chi connectivity index (χ0n) is 9.67. The SMILES string of the molecule is Cl.OC[C@H](c1ccc(O)cc1)N1CCNCC1. The molecule has 0 aromatic heterocycles. The molecular weight excluding hydrogens is 240 g/mol. The lowest BCUT2D eigenvalue weighted by atomic mass is 10.1. The predicted octanol–water partition coefficient (Wildman–Crippen LogP) is 0.753. The number of nitrogens with one attached hydrogen (secondary N) is 1. The Hall–Kier alpha value is -0.810. The fourth-order valence-corrected chi connectivity index (χ4v) is 2.12. The summed E-state index contributed by atoms with van der Waals surface area (Å²) in [4.78, 5) is 2.27. The lowest BCUT2D eigenvalue weighted by Crippen LogP contribution is -2.46.